The van der Waals surface area contributed by atoms with Crippen molar-refractivity contribution in [1.82, 2.24) is 19.7 Å². The first-order valence-corrected chi connectivity index (χ1v) is 9.75. The van der Waals surface area contributed by atoms with E-state index < -0.39 is 0 Å². The molecule has 0 saturated carbocycles. The van der Waals surface area contributed by atoms with E-state index in [1.165, 1.54) is 5.56 Å². The van der Waals surface area contributed by atoms with E-state index >= 15 is 0 Å². The van der Waals surface area contributed by atoms with Gasteiger partial charge in [0.2, 0.25) is 0 Å². The van der Waals surface area contributed by atoms with E-state index in [1.54, 1.807) is 17.1 Å². The molecule has 1 fully saturated rings. The van der Waals surface area contributed by atoms with Crippen LogP contribution in [0.4, 0.5) is 0 Å². The average Bonchev–Trinajstić information content (AvgIpc) is 3.38. The van der Waals surface area contributed by atoms with E-state index in [0.717, 1.165) is 11.5 Å². The number of aromatic nitrogens is 3. The lowest BCUT2D eigenvalue weighted by molar-refractivity contribution is 0.0785. The normalized spacial score (nSPS) is 19.1. The van der Waals surface area contributed by atoms with Gasteiger partial charge in [0.25, 0.3) is 5.91 Å². The number of carbonyl (C=O) groups excluding carboxylic acids is 1. The number of likely N-dealkylation sites (tertiary alicyclic amines) is 1. The predicted octanol–water partition coefficient (Wildman–Crippen LogP) is 2.64. The molecule has 2 atom stereocenters. The van der Waals surface area contributed by atoms with Gasteiger partial charge in [0, 0.05) is 25.2 Å². The minimum atomic E-state index is 0.0240. The molecular weight excluding hydrogens is 350 g/mol. The maximum absolute atomic E-state index is 13.3. The number of nitrogens with zero attached hydrogens (tertiary/aromatic N) is 4. The quantitative estimate of drug-likeness (QED) is 0.744. The van der Waals surface area contributed by atoms with Gasteiger partial charge in [0.1, 0.15) is 0 Å². The highest BCUT2D eigenvalue weighted by molar-refractivity contribution is 5.95. The fourth-order valence-electron chi connectivity index (χ4n) is 4.09. The molecule has 0 spiro atoms. The molecule has 6 nitrogen and oxygen atoms in total. The molecule has 0 aliphatic carbocycles. The molecule has 1 aromatic carbocycles. The summed E-state index contributed by atoms with van der Waals surface area (Å²) in [5.41, 5.74) is 8.82. The van der Waals surface area contributed by atoms with Gasteiger partial charge in [-0.15, -0.1) is 0 Å². The molecule has 144 valence electrons. The summed E-state index contributed by atoms with van der Waals surface area (Å²) in [6, 6.07) is 16.0. The number of benzene rings is 1. The third kappa shape index (κ3) is 3.31. The van der Waals surface area contributed by atoms with Crippen molar-refractivity contribution in [2.75, 3.05) is 19.6 Å². The van der Waals surface area contributed by atoms with Crippen molar-refractivity contribution < 1.29 is 4.79 Å². The van der Waals surface area contributed by atoms with Crippen molar-refractivity contribution >= 4 is 5.91 Å². The molecule has 1 aliphatic heterocycles. The summed E-state index contributed by atoms with van der Waals surface area (Å²) in [6.07, 6.45) is 4.10. The van der Waals surface area contributed by atoms with Gasteiger partial charge < -0.3 is 10.6 Å². The largest absolute Gasteiger partial charge is 0.338 e. The Kier molecular flexibility index (Phi) is 5.21. The fraction of sp³-hybridized carbons (Fsp3) is 0.318. The predicted molar refractivity (Wildman–Crippen MR) is 108 cm³/mol. The third-order valence-electron chi connectivity index (χ3n) is 5.56. The second-order valence-electron chi connectivity index (χ2n) is 7.18. The van der Waals surface area contributed by atoms with E-state index in [4.69, 9.17) is 5.73 Å². The minimum absolute atomic E-state index is 0.0240. The Morgan fingerprint density at radius 3 is 2.61 bits per heavy atom. The number of hydrogen-bond donors (Lipinski definition) is 1. The van der Waals surface area contributed by atoms with Crippen LogP contribution in [0.2, 0.25) is 0 Å². The Labute approximate surface area is 165 Å². The molecule has 28 heavy (non-hydrogen) atoms. The van der Waals surface area contributed by atoms with Gasteiger partial charge in [-0.25, -0.2) is 9.67 Å². The van der Waals surface area contributed by atoms with Crippen molar-refractivity contribution in [3.63, 3.8) is 0 Å². The molecular formula is C22H25N5O. The fourth-order valence-corrected chi connectivity index (χ4v) is 4.09. The number of nitrogens with two attached hydrogens (primary N) is 1. The van der Waals surface area contributed by atoms with Gasteiger partial charge in [-0.2, -0.15) is 5.10 Å². The van der Waals surface area contributed by atoms with Crippen LogP contribution in [0.3, 0.4) is 0 Å². The summed E-state index contributed by atoms with van der Waals surface area (Å²) in [5.74, 6) is 1.28. The zero-order chi connectivity index (χ0) is 19.5. The van der Waals surface area contributed by atoms with Crippen LogP contribution in [0.25, 0.3) is 5.82 Å². The van der Waals surface area contributed by atoms with Crippen molar-refractivity contribution in [2.24, 2.45) is 11.7 Å². The van der Waals surface area contributed by atoms with Crippen LogP contribution in [-0.4, -0.2) is 45.2 Å². The molecule has 3 aromatic rings. The molecule has 4 rings (SSSR count). The lowest BCUT2D eigenvalue weighted by Crippen LogP contribution is -2.30. The molecule has 2 aromatic heterocycles. The highest BCUT2D eigenvalue weighted by atomic mass is 16.2. The Morgan fingerprint density at radius 2 is 1.93 bits per heavy atom. The number of hydrogen-bond acceptors (Lipinski definition) is 4. The van der Waals surface area contributed by atoms with Gasteiger partial charge in [0.05, 0.1) is 17.5 Å². The van der Waals surface area contributed by atoms with Crippen LogP contribution in [0.5, 0.6) is 0 Å². The average molecular weight is 375 g/mol. The maximum atomic E-state index is 13.3. The lowest BCUT2D eigenvalue weighted by Gasteiger charge is -2.17. The maximum Gasteiger partial charge on any atom is 0.257 e. The van der Waals surface area contributed by atoms with Crippen LogP contribution in [0.1, 0.15) is 34.5 Å². The zero-order valence-corrected chi connectivity index (χ0v) is 16.0. The highest BCUT2D eigenvalue weighted by Gasteiger charge is 2.36. The number of pyridine rings is 1. The Balaban J connectivity index is 1.61. The molecule has 1 amide bonds. The Morgan fingerprint density at radius 1 is 1.14 bits per heavy atom. The molecule has 0 bridgehead atoms. The number of rotatable bonds is 5. The van der Waals surface area contributed by atoms with Crippen molar-refractivity contribution in [3.8, 4) is 5.82 Å². The lowest BCUT2D eigenvalue weighted by atomic mass is 9.89. The minimum Gasteiger partial charge on any atom is -0.338 e. The van der Waals surface area contributed by atoms with Gasteiger partial charge in [-0.05, 0) is 36.6 Å². The van der Waals surface area contributed by atoms with E-state index in [9.17, 15) is 4.79 Å². The van der Waals surface area contributed by atoms with Crippen molar-refractivity contribution in [2.45, 2.75) is 19.3 Å². The second kappa shape index (κ2) is 7.94. The molecule has 0 unspecified atom stereocenters. The summed E-state index contributed by atoms with van der Waals surface area (Å²) in [4.78, 5) is 19.6. The second-order valence-corrected chi connectivity index (χ2v) is 7.18. The van der Waals surface area contributed by atoms with Crippen LogP contribution in [0, 0.1) is 5.92 Å². The third-order valence-corrected chi connectivity index (χ3v) is 5.56. The van der Waals surface area contributed by atoms with Gasteiger partial charge in [-0.1, -0.05) is 43.3 Å². The summed E-state index contributed by atoms with van der Waals surface area (Å²) >= 11 is 0. The molecule has 6 heteroatoms. The van der Waals surface area contributed by atoms with Gasteiger partial charge in [-0.3, -0.25) is 4.79 Å². The Bertz CT molecular complexity index is 938. The first-order chi connectivity index (χ1) is 13.7. The monoisotopic (exact) mass is 375 g/mol. The first kappa shape index (κ1) is 18.4. The molecule has 1 saturated heterocycles. The molecule has 1 aliphatic rings. The van der Waals surface area contributed by atoms with Crippen molar-refractivity contribution in [1.29, 1.82) is 0 Å². The van der Waals surface area contributed by atoms with Gasteiger partial charge in [0.15, 0.2) is 5.82 Å². The van der Waals surface area contributed by atoms with E-state index in [1.807, 2.05) is 48.2 Å². The number of amides is 1. The van der Waals surface area contributed by atoms with E-state index in [0.29, 0.717) is 31.6 Å². The molecule has 0 radical (unpaired) electrons. The standard InChI is InChI=1S/C22H25N5O/c1-2-20-18(13-25-27(20)21-10-6-7-11-24-21)22(28)26-14-17(12-23)19(15-26)16-8-4-3-5-9-16/h3-11,13,17,19H,2,12,14-15,23H2,1H3/t17-,19+/m1/s1. The van der Waals surface area contributed by atoms with Crippen LogP contribution >= 0.6 is 0 Å². The SMILES string of the molecule is CCc1c(C(=O)N2C[C@@H](CN)[C@H](c3ccccc3)C2)cnn1-c1ccccn1. The van der Waals surface area contributed by atoms with Gasteiger partial charge >= 0.3 is 0 Å². The summed E-state index contributed by atoms with van der Waals surface area (Å²) in [6.45, 7) is 3.96. The summed E-state index contributed by atoms with van der Waals surface area (Å²) < 4.78 is 1.76. The van der Waals surface area contributed by atoms with E-state index in [2.05, 4.69) is 22.2 Å². The van der Waals surface area contributed by atoms with Crippen LogP contribution < -0.4 is 5.73 Å². The van der Waals surface area contributed by atoms with Crippen molar-refractivity contribution in [3.05, 3.63) is 77.7 Å². The van der Waals surface area contributed by atoms with Crippen LogP contribution in [0.15, 0.2) is 60.9 Å². The first-order valence-electron chi connectivity index (χ1n) is 9.75. The molecule has 2 N–H and O–H groups in total. The molecule has 3 heterocycles. The summed E-state index contributed by atoms with van der Waals surface area (Å²) in [5, 5.41) is 4.45. The van der Waals surface area contributed by atoms with Crippen LogP contribution in [-0.2, 0) is 6.42 Å². The zero-order valence-electron chi connectivity index (χ0n) is 16.0. The Hall–Kier alpha value is -2.99. The number of carbonyl (C=O) groups is 1. The highest BCUT2D eigenvalue weighted by Crippen LogP contribution is 2.33. The topological polar surface area (TPSA) is 77.0 Å². The van der Waals surface area contributed by atoms with E-state index in [-0.39, 0.29) is 17.7 Å². The summed E-state index contributed by atoms with van der Waals surface area (Å²) in [7, 11) is 0. The smallest absolute Gasteiger partial charge is 0.257 e.